The van der Waals surface area contributed by atoms with Gasteiger partial charge in [0.2, 0.25) is 0 Å². The molecule has 0 amide bonds. The van der Waals surface area contributed by atoms with Gasteiger partial charge in [0.1, 0.15) is 0 Å². The maximum atomic E-state index is 5.98. The number of nitrogens with zero attached hydrogens (tertiary/aromatic N) is 2. The number of anilines is 2. The fourth-order valence-corrected chi connectivity index (χ4v) is 2.59. The van der Waals surface area contributed by atoms with Gasteiger partial charge in [-0.3, -0.25) is 4.90 Å². The van der Waals surface area contributed by atoms with Crippen LogP contribution in [0.2, 0.25) is 0 Å². The number of nitrogen functional groups attached to an aromatic ring is 1. The Morgan fingerprint density at radius 2 is 2.12 bits per heavy atom. The molecule has 0 spiro atoms. The van der Waals surface area contributed by atoms with E-state index < -0.39 is 0 Å². The molecule has 0 bridgehead atoms. The molecule has 17 heavy (non-hydrogen) atoms. The standard InChI is InChI=1S/C14H23N3/c1-4-12-10-17(9-8-16(12)3)14-7-5-6-13(15)11(14)2/h5-7,12H,4,8-10,15H2,1-3H3. The molecular weight excluding hydrogens is 210 g/mol. The second-order valence-electron chi connectivity index (χ2n) is 4.98. The molecule has 1 atom stereocenters. The summed E-state index contributed by atoms with van der Waals surface area (Å²) >= 11 is 0. The van der Waals surface area contributed by atoms with Gasteiger partial charge >= 0.3 is 0 Å². The third-order valence-corrected chi connectivity index (χ3v) is 3.94. The van der Waals surface area contributed by atoms with Gasteiger partial charge in [-0.05, 0) is 38.1 Å². The lowest BCUT2D eigenvalue weighted by molar-refractivity contribution is 0.213. The topological polar surface area (TPSA) is 32.5 Å². The van der Waals surface area contributed by atoms with Crippen LogP contribution in [-0.4, -0.2) is 37.6 Å². The Bertz CT molecular complexity index is 389. The van der Waals surface area contributed by atoms with Crippen LogP contribution in [0, 0.1) is 6.92 Å². The molecule has 2 rings (SSSR count). The van der Waals surface area contributed by atoms with E-state index in [9.17, 15) is 0 Å². The van der Waals surface area contributed by atoms with Crippen molar-refractivity contribution in [3.63, 3.8) is 0 Å². The largest absolute Gasteiger partial charge is 0.398 e. The maximum absolute atomic E-state index is 5.98. The van der Waals surface area contributed by atoms with E-state index in [0.717, 1.165) is 25.3 Å². The van der Waals surface area contributed by atoms with E-state index >= 15 is 0 Å². The number of hydrogen-bond donors (Lipinski definition) is 1. The van der Waals surface area contributed by atoms with Gasteiger partial charge in [0.15, 0.2) is 0 Å². The summed E-state index contributed by atoms with van der Waals surface area (Å²) in [7, 11) is 2.22. The van der Waals surface area contributed by atoms with Crippen molar-refractivity contribution in [3.05, 3.63) is 23.8 Å². The van der Waals surface area contributed by atoms with E-state index in [1.807, 2.05) is 6.07 Å². The summed E-state index contributed by atoms with van der Waals surface area (Å²) < 4.78 is 0. The van der Waals surface area contributed by atoms with Crippen LogP contribution in [0.15, 0.2) is 18.2 Å². The predicted molar refractivity (Wildman–Crippen MR) is 74.5 cm³/mol. The Labute approximate surface area is 104 Å². The molecule has 1 heterocycles. The van der Waals surface area contributed by atoms with Crippen LogP contribution in [0.1, 0.15) is 18.9 Å². The van der Waals surface area contributed by atoms with Crippen LogP contribution in [0.25, 0.3) is 0 Å². The first-order chi connectivity index (χ1) is 8.13. The number of piperazine rings is 1. The van der Waals surface area contributed by atoms with Crippen LogP contribution in [0.4, 0.5) is 11.4 Å². The molecule has 1 saturated heterocycles. The average molecular weight is 233 g/mol. The van der Waals surface area contributed by atoms with Gasteiger partial charge in [-0.1, -0.05) is 13.0 Å². The third-order valence-electron chi connectivity index (χ3n) is 3.94. The SMILES string of the molecule is CCC1CN(c2cccc(N)c2C)CCN1C. The highest BCUT2D eigenvalue weighted by atomic mass is 15.3. The van der Waals surface area contributed by atoms with Crippen molar-refractivity contribution >= 4 is 11.4 Å². The first kappa shape index (κ1) is 12.2. The van der Waals surface area contributed by atoms with Crippen molar-refractivity contribution in [2.75, 3.05) is 37.3 Å². The number of rotatable bonds is 2. The zero-order valence-corrected chi connectivity index (χ0v) is 11.1. The summed E-state index contributed by atoms with van der Waals surface area (Å²) in [6.07, 6.45) is 1.20. The molecular formula is C14H23N3. The van der Waals surface area contributed by atoms with Gasteiger partial charge in [-0.25, -0.2) is 0 Å². The molecule has 3 heteroatoms. The molecule has 1 aliphatic heterocycles. The Hall–Kier alpha value is -1.22. The lowest BCUT2D eigenvalue weighted by atomic mass is 10.1. The van der Waals surface area contributed by atoms with Crippen LogP contribution < -0.4 is 10.6 Å². The highest BCUT2D eigenvalue weighted by Crippen LogP contribution is 2.26. The lowest BCUT2D eigenvalue weighted by Gasteiger charge is -2.41. The number of nitrogens with two attached hydrogens (primary N) is 1. The Balaban J connectivity index is 2.20. The van der Waals surface area contributed by atoms with Crippen LogP contribution in [0.3, 0.4) is 0 Å². The van der Waals surface area contributed by atoms with E-state index in [2.05, 4.69) is 42.8 Å². The highest BCUT2D eigenvalue weighted by Gasteiger charge is 2.23. The fraction of sp³-hybridized carbons (Fsp3) is 0.571. The summed E-state index contributed by atoms with van der Waals surface area (Å²) in [4.78, 5) is 4.93. The number of likely N-dealkylation sites (N-methyl/N-ethyl adjacent to an activating group) is 1. The minimum Gasteiger partial charge on any atom is -0.398 e. The number of benzene rings is 1. The highest BCUT2D eigenvalue weighted by molar-refractivity contribution is 5.64. The maximum Gasteiger partial charge on any atom is 0.0417 e. The predicted octanol–water partition coefficient (Wildman–Crippen LogP) is 2.11. The molecule has 1 aromatic carbocycles. The zero-order valence-electron chi connectivity index (χ0n) is 11.1. The third kappa shape index (κ3) is 2.39. The van der Waals surface area contributed by atoms with Crippen molar-refractivity contribution in [2.45, 2.75) is 26.3 Å². The van der Waals surface area contributed by atoms with Gasteiger partial charge in [0.25, 0.3) is 0 Å². The molecule has 0 aliphatic carbocycles. The average Bonchev–Trinajstić information content (AvgIpc) is 2.34. The van der Waals surface area contributed by atoms with Crippen molar-refractivity contribution in [2.24, 2.45) is 0 Å². The van der Waals surface area contributed by atoms with Crippen molar-refractivity contribution in [1.82, 2.24) is 4.90 Å². The fourth-order valence-electron chi connectivity index (χ4n) is 2.59. The second kappa shape index (κ2) is 4.96. The second-order valence-corrected chi connectivity index (χ2v) is 4.98. The molecule has 3 nitrogen and oxygen atoms in total. The summed E-state index contributed by atoms with van der Waals surface area (Å²) in [5, 5.41) is 0. The summed E-state index contributed by atoms with van der Waals surface area (Å²) in [5.74, 6) is 0. The van der Waals surface area contributed by atoms with Gasteiger partial charge < -0.3 is 10.6 Å². The van der Waals surface area contributed by atoms with Crippen LogP contribution >= 0.6 is 0 Å². The monoisotopic (exact) mass is 233 g/mol. The summed E-state index contributed by atoms with van der Waals surface area (Å²) in [6.45, 7) is 7.71. The Morgan fingerprint density at radius 3 is 2.82 bits per heavy atom. The first-order valence-electron chi connectivity index (χ1n) is 6.43. The molecule has 0 radical (unpaired) electrons. The van der Waals surface area contributed by atoms with E-state index in [0.29, 0.717) is 6.04 Å². The van der Waals surface area contributed by atoms with Crippen molar-refractivity contribution in [3.8, 4) is 0 Å². The van der Waals surface area contributed by atoms with Crippen molar-refractivity contribution in [1.29, 1.82) is 0 Å². The van der Waals surface area contributed by atoms with E-state index in [-0.39, 0.29) is 0 Å². The normalized spacial score (nSPS) is 21.8. The van der Waals surface area contributed by atoms with Crippen LogP contribution in [-0.2, 0) is 0 Å². The molecule has 1 unspecified atom stereocenters. The molecule has 0 saturated carbocycles. The van der Waals surface area contributed by atoms with E-state index in [1.165, 1.54) is 17.7 Å². The Morgan fingerprint density at radius 1 is 1.35 bits per heavy atom. The lowest BCUT2D eigenvalue weighted by Crippen LogP contribution is -2.51. The zero-order chi connectivity index (χ0) is 12.4. The minimum atomic E-state index is 0.657. The van der Waals surface area contributed by atoms with Crippen molar-refractivity contribution < 1.29 is 0 Å². The van der Waals surface area contributed by atoms with Gasteiger partial charge in [0.05, 0.1) is 0 Å². The van der Waals surface area contributed by atoms with E-state index in [4.69, 9.17) is 5.73 Å². The van der Waals surface area contributed by atoms with Gasteiger partial charge in [-0.15, -0.1) is 0 Å². The number of hydrogen-bond acceptors (Lipinski definition) is 3. The van der Waals surface area contributed by atoms with Gasteiger partial charge in [0, 0.05) is 37.1 Å². The molecule has 2 N–H and O–H groups in total. The van der Waals surface area contributed by atoms with E-state index in [1.54, 1.807) is 0 Å². The molecule has 94 valence electrons. The summed E-state index contributed by atoms with van der Waals surface area (Å²) in [5.41, 5.74) is 9.40. The molecule has 1 aromatic rings. The Kier molecular flexibility index (Phi) is 3.57. The molecule has 1 aliphatic rings. The molecule has 1 fully saturated rings. The first-order valence-corrected chi connectivity index (χ1v) is 6.43. The van der Waals surface area contributed by atoms with Gasteiger partial charge in [-0.2, -0.15) is 0 Å². The molecule has 0 aromatic heterocycles. The smallest absolute Gasteiger partial charge is 0.0417 e. The summed E-state index contributed by atoms with van der Waals surface area (Å²) in [6, 6.07) is 6.87. The van der Waals surface area contributed by atoms with Crippen LogP contribution in [0.5, 0.6) is 0 Å². The minimum absolute atomic E-state index is 0.657. The quantitative estimate of drug-likeness (QED) is 0.794.